The molecule has 5 heteroatoms. The van der Waals surface area contributed by atoms with Gasteiger partial charge in [0.15, 0.2) is 5.16 Å². The second kappa shape index (κ2) is 4.49. The Bertz CT molecular complexity index is 496. The lowest BCUT2D eigenvalue weighted by Gasteiger charge is -2.02. The molecule has 0 amide bonds. The monoisotopic (exact) mass is 232 g/mol. The van der Waals surface area contributed by atoms with Gasteiger partial charge in [0.1, 0.15) is 5.03 Å². The predicted octanol–water partition coefficient (Wildman–Crippen LogP) is 2.22. The number of aryl methyl sites for hydroxylation is 2. The lowest BCUT2D eigenvalue weighted by atomic mass is 10.3. The van der Waals surface area contributed by atoms with Crippen LogP contribution in [-0.4, -0.2) is 15.0 Å². The van der Waals surface area contributed by atoms with Gasteiger partial charge in [-0.05, 0) is 43.3 Å². The molecule has 2 rings (SSSR count). The van der Waals surface area contributed by atoms with Crippen LogP contribution in [0.2, 0.25) is 0 Å². The van der Waals surface area contributed by atoms with Crippen LogP contribution in [0.4, 0.5) is 5.69 Å². The van der Waals surface area contributed by atoms with E-state index in [0.29, 0.717) is 10.8 Å². The SMILES string of the molecule is Cc1cnc(Sc2ccc(N)c(C)n2)nc1. The Morgan fingerprint density at radius 3 is 2.44 bits per heavy atom. The molecule has 0 unspecified atom stereocenters. The van der Waals surface area contributed by atoms with E-state index in [1.165, 1.54) is 11.8 Å². The Morgan fingerprint density at radius 1 is 1.12 bits per heavy atom. The summed E-state index contributed by atoms with van der Waals surface area (Å²) in [6.45, 7) is 3.84. The van der Waals surface area contributed by atoms with Crippen LogP contribution in [0.3, 0.4) is 0 Å². The van der Waals surface area contributed by atoms with E-state index in [-0.39, 0.29) is 0 Å². The normalized spacial score (nSPS) is 10.4. The van der Waals surface area contributed by atoms with Crippen molar-refractivity contribution in [3.8, 4) is 0 Å². The van der Waals surface area contributed by atoms with Crippen molar-refractivity contribution < 1.29 is 0 Å². The summed E-state index contributed by atoms with van der Waals surface area (Å²) in [7, 11) is 0. The third kappa shape index (κ3) is 2.49. The molecule has 82 valence electrons. The molecule has 2 N–H and O–H groups in total. The van der Waals surface area contributed by atoms with Gasteiger partial charge in [-0.1, -0.05) is 0 Å². The molecule has 0 aliphatic rings. The average Bonchev–Trinajstić information content (AvgIpc) is 2.27. The number of nitrogens with two attached hydrogens (primary N) is 1. The van der Waals surface area contributed by atoms with E-state index < -0.39 is 0 Å². The van der Waals surface area contributed by atoms with Crippen LogP contribution in [0.5, 0.6) is 0 Å². The average molecular weight is 232 g/mol. The quantitative estimate of drug-likeness (QED) is 0.804. The first kappa shape index (κ1) is 10.9. The molecule has 0 saturated heterocycles. The van der Waals surface area contributed by atoms with Gasteiger partial charge in [0.25, 0.3) is 0 Å². The van der Waals surface area contributed by atoms with Gasteiger partial charge in [-0.25, -0.2) is 15.0 Å². The molecule has 0 atom stereocenters. The molecule has 0 aliphatic heterocycles. The maximum absolute atomic E-state index is 5.70. The lowest BCUT2D eigenvalue weighted by molar-refractivity contribution is 0.942. The van der Waals surface area contributed by atoms with E-state index in [9.17, 15) is 0 Å². The standard InChI is InChI=1S/C11H12N4S/c1-7-5-13-11(14-6-7)16-10-4-3-9(12)8(2)15-10/h3-6H,12H2,1-2H3. The summed E-state index contributed by atoms with van der Waals surface area (Å²) in [5, 5.41) is 1.55. The van der Waals surface area contributed by atoms with Gasteiger partial charge in [0, 0.05) is 12.4 Å². The van der Waals surface area contributed by atoms with E-state index in [1.807, 2.05) is 26.0 Å². The summed E-state index contributed by atoms with van der Waals surface area (Å²) in [5.41, 5.74) is 8.28. The van der Waals surface area contributed by atoms with E-state index in [1.54, 1.807) is 12.4 Å². The minimum Gasteiger partial charge on any atom is -0.397 e. The second-order valence-corrected chi connectivity index (χ2v) is 4.46. The molecule has 0 aromatic carbocycles. The summed E-state index contributed by atoms with van der Waals surface area (Å²) in [6, 6.07) is 3.72. The Hall–Kier alpha value is -1.62. The number of rotatable bonds is 2. The van der Waals surface area contributed by atoms with Gasteiger partial charge >= 0.3 is 0 Å². The fourth-order valence-electron chi connectivity index (χ4n) is 1.13. The number of nitrogens with zero attached hydrogens (tertiary/aromatic N) is 3. The number of aromatic nitrogens is 3. The van der Waals surface area contributed by atoms with Crippen LogP contribution in [0.15, 0.2) is 34.7 Å². The van der Waals surface area contributed by atoms with E-state index in [4.69, 9.17) is 5.73 Å². The van der Waals surface area contributed by atoms with Crippen LogP contribution in [0.1, 0.15) is 11.3 Å². The van der Waals surface area contributed by atoms with Gasteiger partial charge in [-0.3, -0.25) is 0 Å². The minimum atomic E-state index is 0.697. The molecule has 0 radical (unpaired) electrons. The molecule has 2 heterocycles. The summed E-state index contributed by atoms with van der Waals surface area (Å²) in [4.78, 5) is 12.8. The molecule has 0 spiro atoms. The molecule has 16 heavy (non-hydrogen) atoms. The third-order valence-corrected chi connectivity index (χ3v) is 2.88. The maximum Gasteiger partial charge on any atom is 0.193 e. The highest BCUT2D eigenvalue weighted by atomic mass is 32.2. The van der Waals surface area contributed by atoms with Crippen molar-refractivity contribution in [1.29, 1.82) is 0 Å². The highest BCUT2D eigenvalue weighted by molar-refractivity contribution is 7.99. The van der Waals surface area contributed by atoms with Crippen molar-refractivity contribution in [2.45, 2.75) is 24.0 Å². The zero-order chi connectivity index (χ0) is 11.5. The molecule has 2 aromatic rings. The first-order chi connectivity index (χ1) is 7.65. The zero-order valence-electron chi connectivity index (χ0n) is 9.14. The highest BCUT2D eigenvalue weighted by Crippen LogP contribution is 2.23. The minimum absolute atomic E-state index is 0.697. The van der Waals surface area contributed by atoms with Crippen molar-refractivity contribution in [2.24, 2.45) is 0 Å². The molecular weight excluding hydrogens is 220 g/mol. The number of hydrogen-bond acceptors (Lipinski definition) is 5. The molecule has 0 aliphatic carbocycles. The highest BCUT2D eigenvalue weighted by Gasteiger charge is 2.03. The second-order valence-electron chi connectivity index (χ2n) is 3.47. The number of nitrogen functional groups attached to an aromatic ring is 1. The summed E-state index contributed by atoms with van der Waals surface area (Å²) in [6.07, 6.45) is 3.58. The fraction of sp³-hybridized carbons (Fsp3) is 0.182. The van der Waals surface area contributed by atoms with E-state index >= 15 is 0 Å². The number of pyridine rings is 1. The summed E-state index contributed by atoms with van der Waals surface area (Å²) >= 11 is 1.43. The summed E-state index contributed by atoms with van der Waals surface area (Å²) < 4.78 is 0. The fourth-order valence-corrected chi connectivity index (χ4v) is 1.85. The number of hydrogen-bond donors (Lipinski definition) is 1. The van der Waals surface area contributed by atoms with Crippen molar-refractivity contribution in [3.05, 3.63) is 35.8 Å². The van der Waals surface area contributed by atoms with Crippen molar-refractivity contribution >= 4 is 17.4 Å². The van der Waals surface area contributed by atoms with E-state index in [2.05, 4.69) is 15.0 Å². The summed E-state index contributed by atoms with van der Waals surface area (Å²) in [5.74, 6) is 0. The van der Waals surface area contributed by atoms with Crippen LogP contribution < -0.4 is 5.73 Å². The molecular formula is C11H12N4S. The van der Waals surface area contributed by atoms with Crippen molar-refractivity contribution in [1.82, 2.24) is 15.0 Å². The first-order valence-corrected chi connectivity index (χ1v) is 5.66. The molecule has 4 nitrogen and oxygen atoms in total. The van der Waals surface area contributed by atoms with Crippen LogP contribution in [0.25, 0.3) is 0 Å². The van der Waals surface area contributed by atoms with Crippen molar-refractivity contribution in [2.75, 3.05) is 5.73 Å². The molecule has 2 aromatic heterocycles. The Morgan fingerprint density at radius 2 is 1.81 bits per heavy atom. The third-order valence-electron chi connectivity index (χ3n) is 2.05. The van der Waals surface area contributed by atoms with Crippen molar-refractivity contribution in [3.63, 3.8) is 0 Å². The zero-order valence-corrected chi connectivity index (χ0v) is 9.95. The number of anilines is 1. The Labute approximate surface area is 98.3 Å². The predicted molar refractivity (Wildman–Crippen MR) is 64.3 cm³/mol. The largest absolute Gasteiger partial charge is 0.397 e. The van der Waals surface area contributed by atoms with Crippen LogP contribution >= 0.6 is 11.8 Å². The van der Waals surface area contributed by atoms with Gasteiger partial charge < -0.3 is 5.73 Å². The Balaban J connectivity index is 2.20. The molecule has 0 fully saturated rings. The first-order valence-electron chi connectivity index (χ1n) is 4.85. The van der Waals surface area contributed by atoms with Gasteiger partial charge in [-0.15, -0.1) is 0 Å². The maximum atomic E-state index is 5.70. The topological polar surface area (TPSA) is 64.7 Å². The lowest BCUT2D eigenvalue weighted by Crippen LogP contribution is -1.94. The molecule has 0 bridgehead atoms. The smallest absolute Gasteiger partial charge is 0.193 e. The Kier molecular flexibility index (Phi) is 3.05. The van der Waals surface area contributed by atoms with Gasteiger partial charge in [0.2, 0.25) is 0 Å². The van der Waals surface area contributed by atoms with E-state index in [0.717, 1.165) is 16.3 Å². The molecule has 0 saturated carbocycles. The van der Waals surface area contributed by atoms with Gasteiger partial charge in [-0.2, -0.15) is 0 Å². The van der Waals surface area contributed by atoms with Crippen LogP contribution in [0, 0.1) is 13.8 Å². The van der Waals surface area contributed by atoms with Crippen LogP contribution in [-0.2, 0) is 0 Å². The van der Waals surface area contributed by atoms with Gasteiger partial charge in [0.05, 0.1) is 11.4 Å².